The summed E-state index contributed by atoms with van der Waals surface area (Å²) in [4.78, 5) is 8.66. The van der Waals surface area contributed by atoms with Crippen LogP contribution >= 0.6 is 11.6 Å². The molecule has 0 saturated heterocycles. The SMILES string of the molecule is Cc1ccc(C2CNCc3ccc(Cl)nc3O2)nc1. The maximum Gasteiger partial charge on any atom is 0.220 e. The van der Waals surface area contributed by atoms with E-state index in [0.29, 0.717) is 17.6 Å². The van der Waals surface area contributed by atoms with E-state index in [1.54, 1.807) is 6.07 Å². The van der Waals surface area contributed by atoms with Gasteiger partial charge in [0.1, 0.15) is 5.15 Å². The van der Waals surface area contributed by atoms with Crippen LogP contribution in [0.4, 0.5) is 0 Å². The Labute approximate surface area is 116 Å². The number of aryl methyl sites for hydroxylation is 1. The first kappa shape index (κ1) is 12.4. The van der Waals surface area contributed by atoms with Gasteiger partial charge in [-0.05, 0) is 30.7 Å². The van der Waals surface area contributed by atoms with Crippen LogP contribution < -0.4 is 10.1 Å². The molecule has 0 spiro atoms. The molecule has 1 aliphatic heterocycles. The van der Waals surface area contributed by atoms with Gasteiger partial charge < -0.3 is 10.1 Å². The van der Waals surface area contributed by atoms with Crippen LogP contribution in [0, 0.1) is 6.92 Å². The molecule has 1 unspecified atom stereocenters. The minimum atomic E-state index is -0.146. The highest BCUT2D eigenvalue weighted by molar-refractivity contribution is 6.29. The van der Waals surface area contributed by atoms with E-state index in [9.17, 15) is 0 Å². The second-order valence-corrected chi connectivity index (χ2v) is 4.98. The lowest BCUT2D eigenvalue weighted by Crippen LogP contribution is -2.22. The van der Waals surface area contributed by atoms with Gasteiger partial charge in [0.2, 0.25) is 5.88 Å². The Balaban J connectivity index is 1.91. The Morgan fingerprint density at radius 1 is 1.32 bits per heavy atom. The molecule has 19 heavy (non-hydrogen) atoms. The monoisotopic (exact) mass is 275 g/mol. The zero-order valence-electron chi connectivity index (χ0n) is 10.6. The van der Waals surface area contributed by atoms with Crippen molar-refractivity contribution in [1.29, 1.82) is 0 Å². The van der Waals surface area contributed by atoms with E-state index in [4.69, 9.17) is 16.3 Å². The van der Waals surface area contributed by atoms with Gasteiger partial charge in [0, 0.05) is 24.8 Å². The van der Waals surface area contributed by atoms with Crippen LogP contribution in [0.2, 0.25) is 5.15 Å². The normalized spacial score (nSPS) is 18.3. The van der Waals surface area contributed by atoms with Crippen LogP contribution in [0.1, 0.15) is 22.9 Å². The van der Waals surface area contributed by atoms with Crippen molar-refractivity contribution in [1.82, 2.24) is 15.3 Å². The highest BCUT2D eigenvalue weighted by Crippen LogP contribution is 2.26. The second-order valence-electron chi connectivity index (χ2n) is 4.60. The van der Waals surface area contributed by atoms with Crippen molar-refractivity contribution in [2.75, 3.05) is 6.54 Å². The lowest BCUT2D eigenvalue weighted by molar-refractivity contribution is 0.197. The number of nitrogens with zero attached hydrogens (tertiary/aromatic N) is 2. The Kier molecular flexibility index (Phi) is 3.36. The van der Waals surface area contributed by atoms with Gasteiger partial charge in [-0.25, -0.2) is 4.98 Å². The fourth-order valence-electron chi connectivity index (χ4n) is 2.03. The predicted octanol–water partition coefficient (Wildman–Crippen LogP) is 2.66. The molecule has 1 N–H and O–H groups in total. The molecule has 3 rings (SSSR count). The molecule has 0 amide bonds. The summed E-state index contributed by atoms with van der Waals surface area (Å²) in [5, 5.41) is 3.78. The number of hydrogen-bond donors (Lipinski definition) is 1. The zero-order valence-corrected chi connectivity index (χ0v) is 11.3. The molecule has 4 nitrogen and oxygen atoms in total. The first-order valence-corrected chi connectivity index (χ1v) is 6.55. The van der Waals surface area contributed by atoms with Gasteiger partial charge in [0.05, 0.1) is 5.69 Å². The van der Waals surface area contributed by atoms with E-state index in [1.807, 2.05) is 31.3 Å². The maximum absolute atomic E-state index is 5.94. The maximum atomic E-state index is 5.94. The molecule has 5 heteroatoms. The molecule has 0 aromatic carbocycles. The predicted molar refractivity (Wildman–Crippen MR) is 73.3 cm³/mol. The van der Waals surface area contributed by atoms with Gasteiger partial charge in [0.25, 0.3) is 0 Å². The summed E-state index contributed by atoms with van der Waals surface area (Å²) in [6.45, 7) is 3.44. The van der Waals surface area contributed by atoms with Crippen LogP contribution in [0.15, 0.2) is 30.5 Å². The highest BCUT2D eigenvalue weighted by Gasteiger charge is 2.21. The molecule has 0 aliphatic carbocycles. The summed E-state index contributed by atoms with van der Waals surface area (Å²) in [6.07, 6.45) is 1.70. The van der Waals surface area contributed by atoms with Crippen LogP contribution in [0.25, 0.3) is 0 Å². The van der Waals surface area contributed by atoms with Crippen LogP contribution in [0.5, 0.6) is 5.88 Å². The average Bonchev–Trinajstić information content (AvgIpc) is 2.61. The topological polar surface area (TPSA) is 47.0 Å². The molecule has 1 atom stereocenters. The number of aromatic nitrogens is 2. The molecule has 0 bridgehead atoms. The lowest BCUT2D eigenvalue weighted by atomic mass is 10.2. The van der Waals surface area contributed by atoms with Crippen LogP contribution in [-0.2, 0) is 6.54 Å². The van der Waals surface area contributed by atoms with Crippen molar-refractivity contribution in [3.05, 3.63) is 52.4 Å². The van der Waals surface area contributed by atoms with Crippen molar-refractivity contribution < 1.29 is 4.74 Å². The summed E-state index contributed by atoms with van der Waals surface area (Å²) in [6, 6.07) is 7.72. The molecule has 2 aromatic heterocycles. The molecule has 0 radical (unpaired) electrons. The molecule has 2 aromatic rings. The van der Waals surface area contributed by atoms with Gasteiger partial charge in [-0.3, -0.25) is 4.98 Å². The third-order valence-electron chi connectivity index (χ3n) is 3.07. The van der Waals surface area contributed by atoms with Gasteiger partial charge in [-0.1, -0.05) is 17.7 Å². The van der Waals surface area contributed by atoms with Gasteiger partial charge >= 0.3 is 0 Å². The average molecular weight is 276 g/mol. The van der Waals surface area contributed by atoms with Crippen LogP contribution in [0.3, 0.4) is 0 Å². The number of ether oxygens (including phenoxy) is 1. The van der Waals surface area contributed by atoms with Gasteiger partial charge in [-0.2, -0.15) is 0 Å². The van der Waals surface area contributed by atoms with E-state index >= 15 is 0 Å². The molecule has 98 valence electrons. The van der Waals surface area contributed by atoms with Crippen molar-refractivity contribution in [2.45, 2.75) is 19.6 Å². The number of pyridine rings is 2. The summed E-state index contributed by atoms with van der Waals surface area (Å²) in [7, 11) is 0. The number of hydrogen-bond acceptors (Lipinski definition) is 4. The Morgan fingerprint density at radius 3 is 3.00 bits per heavy atom. The van der Waals surface area contributed by atoms with Crippen molar-refractivity contribution in [2.24, 2.45) is 0 Å². The fraction of sp³-hybridized carbons (Fsp3) is 0.286. The first-order chi connectivity index (χ1) is 9.22. The molecular formula is C14H14ClN3O. The zero-order chi connectivity index (χ0) is 13.2. The van der Waals surface area contributed by atoms with Gasteiger partial charge in [-0.15, -0.1) is 0 Å². The van der Waals surface area contributed by atoms with E-state index in [2.05, 4.69) is 15.3 Å². The third kappa shape index (κ3) is 2.69. The van der Waals surface area contributed by atoms with Crippen molar-refractivity contribution in [3.8, 4) is 5.88 Å². The van der Waals surface area contributed by atoms with E-state index in [-0.39, 0.29) is 6.10 Å². The summed E-state index contributed by atoms with van der Waals surface area (Å²) in [5.41, 5.74) is 3.04. The van der Waals surface area contributed by atoms with E-state index < -0.39 is 0 Å². The number of halogens is 1. The molecular weight excluding hydrogens is 262 g/mol. The minimum Gasteiger partial charge on any atom is -0.466 e. The molecule has 0 saturated carbocycles. The number of nitrogens with one attached hydrogen (secondary N) is 1. The molecule has 0 fully saturated rings. The number of rotatable bonds is 1. The standard InChI is InChI=1S/C14H14ClN3O/c1-9-2-4-11(17-6-9)12-8-16-7-10-3-5-13(15)18-14(10)19-12/h2-6,12,16H,7-8H2,1H3. The number of fused-ring (bicyclic) bond motifs is 1. The van der Waals surface area contributed by atoms with Crippen LogP contribution in [-0.4, -0.2) is 16.5 Å². The minimum absolute atomic E-state index is 0.146. The quantitative estimate of drug-likeness (QED) is 0.813. The lowest BCUT2D eigenvalue weighted by Gasteiger charge is -2.16. The second kappa shape index (κ2) is 5.15. The first-order valence-electron chi connectivity index (χ1n) is 6.18. The largest absolute Gasteiger partial charge is 0.466 e. The summed E-state index contributed by atoms with van der Waals surface area (Å²) < 4.78 is 5.94. The van der Waals surface area contributed by atoms with E-state index in [0.717, 1.165) is 23.4 Å². The molecule has 3 heterocycles. The molecule has 1 aliphatic rings. The summed E-state index contributed by atoms with van der Waals surface area (Å²) in [5.74, 6) is 0.588. The van der Waals surface area contributed by atoms with Crippen molar-refractivity contribution in [3.63, 3.8) is 0 Å². The smallest absolute Gasteiger partial charge is 0.220 e. The Morgan fingerprint density at radius 2 is 2.21 bits per heavy atom. The highest BCUT2D eigenvalue weighted by atomic mass is 35.5. The van der Waals surface area contributed by atoms with E-state index in [1.165, 1.54) is 0 Å². The van der Waals surface area contributed by atoms with Crippen molar-refractivity contribution >= 4 is 11.6 Å². The van der Waals surface area contributed by atoms with Gasteiger partial charge in [0.15, 0.2) is 6.10 Å². The fourth-order valence-corrected chi connectivity index (χ4v) is 2.17. The summed E-state index contributed by atoms with van der Waals surface area (Å²) >= 11 is 5.92. The Hall–Kier alpha value is -1.65. The third-order valence-corrected chi connectivity index (χ3v) is 3.28. The Bertz CT molecular complexity index is 586.